The Kier molecular flexibility index (Phi) is 16.2. The molecule has 57 heavy (non-hydrogen) atoms. The van der Waals surface area contributed by atoms with Crippen molar-refractivity contribution >= 4 is 161 Å². The van der Waals surface area contributed by atoms with Crippen molar-refractivity contribution in [1.82, 2.24) is 29.9 Å². The summed E-state index contributed by atoms with van der Waals surface area (Å²) in [4.78, 5) is 25.3. The van der Waals surface area contributed by atoms with E-state index < -0.39 is 15.2 Å². The number of alkyl halides is 12. The lowest BCUT2D eigenvalue weighted by Crippen LogP contribution is -2.16. The van der Waals surface area contributed by atoms with Crippen LogP contribution in [0, 0.1) is 0 Å². The Hall–Kier alpha value is -1.18. The van der Waals surface area contributed by atoms with E-state index in [1.807, 2.05) is 79.7 Å². The number of ether oxygens (including phenoxy) is 2. The van der Waals surface area contributed by atoms with E-state index in [1.54, 1.807) is 7.11 Å². The van der Waals surface area contributed by atoms with Crippen LogP contribution < -0.4 is 0 Å². The van der Waals surface area contributed by atoms with E-state index >= 15 is 0 Å². The third kappa shape index (κ3) is 12.2. The van der Waals surface area contributed by atoms with Crippen molar-refractivity contribution in [1.29, 1.82) is 0 Å². The van der Waals surface area contributed by atoms with E-state index in [-0.39, 0.29) is 34.9 Å². The number of fused-ring (bicyclic) bond motifs is 2. The first-order chi connectivity index (χ1) is 26.7. The number of benzene rings is 4. The van der Waals surface area contributed by atoms with Gasteiger partial charge in [0.25, 0.3) is 0 Å². The van der Waals surface area contributed by atoms with E-state index in [1.165, 1.54) is 0 Å². The van der Waals surface area contributed by atoms with Gasteiger partial charge in [0.05, 0.1) is 13.2 Å². The van der Waals surface area contributed by atoms with Crippen LogP contribution in [0.4, 0.5) is 0 Å². The molecule has 2 heterocycles. The number of hydrogen-bond acceptors (Lipinski definition) is 8. The summed E-state index contributed by atoms with van der Waals surface area (Å²) in [6, 6.07) is 23.4. The van der Waals surface area contributed by atoms with E-state index in [9.17, 15) is 0 Å². The molecule has 0 amide bonds. The highest BCUT2D eigenvalue weighted by Gasteiger charge is 2.35. The number of aromatic nitrogens is 6. The van der Waals surface area contributed by atoms with Gasteiger partial charge in [0.15, 0.2) is 34.9 Å². The number of nitrogens with zero attached hydrogens (tertiary/aromatic N) is 6. The number of halogens is 12. The molecule has 20 heteroatoms. The maximum Gasteiger partial charge on any atom is 0.250 e. The SMILES string of the molecule is CCOCCc1ccc(-c2nc(C(Cl)(Cl)Cl)nc(C(Cl)(Cl)Cl)n2)c2ccccc12.COCCc1ccc(-c2nc(C(Cl)(Cl)Cl)nc(C(Cl)(Cl)Cl)n2)c2ccccc12. The molecule has 6 rings (SSSR count). The summed E-state index contributed by atoms with van der Waals surface area (Å²) in [5.41, 5.74) is 3.66. The average molecular weight is 1010 g/mol. The van der Waals surface area contributed by atoms with Gasteiger partial charge in [-0.1, -0.05) is 212 Å². The van der Waals surface area contributed by atoms with Crippen molar-refractivity contribution in [3.05, 3.63) is 107 Å². The van der Waals surface area contributed by atoms with Crippen LogP contribution in [-0.4, -0.2) is 56.8 Å². The quantitative estimate of drug-likeness (QED) is 0.104. The van der Waals surface area contributed by atoms with Crippen LogP contribution in [0.25, 0.3) is 44.3 Å². The smallest absolute Gasteiger partial charge is 0.250 e. The van der Waals surface area contributed by atoms with E-state index in [0.717, 1.165) is 45.5 Å². The molecular formula is C37H28Cl12N6O2. The molecule has 0 spiro atoms. The molecule has 4 aromatic carbocycles. The standard InChI is InChI=1S/C19H15Cl6N3O.C18H13Cl6N3O/c1-2-29-10-9-11-7-8-14(13-6-4-3-5-12(11)13)15-26-16(18(20,21)22)28-17(27-15)19(23,24)25;1-28-9-8-10-6-7-13(12-5-3-2-4-11(10)12)14-25-15(17(19,20)21)27-16(26-14)18(22,23)24/h3-8H,2,9-10H2,1H3;2-7H,8-9H2,1H3. The van der Waals surface area contributed by atoms with E-state index in [4.69, 9.17) is 149 Å². The minimum Gasteiger partial charge on any atom is -0.384 e. The highest BCUT2D eigenvalue weighted by molar-refractivity contribution is 6.68. The molecule has 6 aromatic rings. The molecule has 0 radical (unpaired) electrons. The average Bonchev–Trinajstić information content (AvgIpc) is 3.15. The second kappa shape index (κ2) is 19.7. The Morgan fingerprint density at radius 2 is 0.772 bits per heavy atom. The number of rotatable bonds is 9. The molecule has 0 aliphatic heterocycles. The Bertz CT molecular complexity index is 2280. The van der Waals surface area contributed by atoms with Crippen LogP contribution in [0.1, 0.15) is 41.3 Å². The summed E-state index contributed by atoms with van der Waals surface area (Å²) in [5.74, 6) is -0.0215. The minimum absolute atomic E-state index is 0.127. The lowest BCUT2D eigenvalue weighted by molar-refractivity contribution is 0.151. The van der Waals surface area contributed by atoms with Crippen LogP contribution in [0.5, 0.6) is 0 Å². The first-order valence-electron chi connectivity index (χ1n) is 16.6. The summed E-state index contributed by atoms with van der Waals surface area (Å²) in [6.45, 7) is 3.86. The Labute approximate surface area is 388 Å². The summed E-state index contributed by atoms with van der Waals surface area (Å²) in [6.07, 6.45) is 1.53. The lowest BCUT2D eigenvalue weighted by atomic mass is 9.97. The fourth-order valence-electron chi connectivity index (χ4n) is 5.59. The number of hydrogen-bond donors (Lipinski definition) is 0. The van der Waals surface area contributed by atoms with Crippen LogP contribution >= 0.6 is 139 Å². The maximum atomic E-state index is 5.99. The molecule has 0 N–H and O–H groups in total. The second-order valence-corrected chi connectivity index (χ2v) is 21.1. The van der Waals surface area contributed by atoms with E-state index in [0.29, 0.717) is 30.9 Å². The normalized spacial score (nSPS) is 12.5. The first kappa shape index (κ1) is 46.9. The lowest BCUT2D eigenvalue weighted by Gasteiger charge is -2.17. The minimum atomic E-state index is -1.91. The van der Waals surface area contributed by atoms with Gasteiger partial charge in [-0.3, -0.25) is 0 Å². The fourth-order valence-corrected chi connectivity index (χ4v) is 6.60. The van der Waals surface area contributed by atoms with Crippen molar-refractivity contribution in [2.24, 2.45) is 0 Å². The zero-order valence-corrected chi connectivity index (χ0v) is 38.6. The zero-order chi connectivity index (χ0) is 41.8. The summed E-state index contributed by atoms with van der Waals surface area (Å²) < 4.78 is 3.05. The second-order valence-electron chi connectivity index (χ2n) is 11.9. The van der Waals surface area contributed by atoms with Crippen LogP contribution in [0.2, 0.25) is 0 Å². The van der Waals surface area contributed by atoms with Gasteiger partial charge in [0.1, 0.15) is 0 Å². The molecule has 0 fully saturated rings. The van der Waals surface area contributed by atoms with Crippen LogP contribution in [0.15, 0.2) is 72.8 Å². The van der Waals surface area contributed by atoms with Gasteiger partial charge in [0, 0.05) is 24.8 Å². The molecular weight excluding hydrogens is 986 g/mol. The maximum absolute atomic E-state index is 5.99. The van der Waals surface area contributed by atoms with E-state index in [2.05, 4.69) is 29.9 Å². The van der Waals surface area contributed by atoms with Gasteiger partial charge in [-0.25, -0.2) is 29.9 Å². The van der Waals surface area contributed by atoms with Crippen LogP contribution in [-0.2, 0) is 37.5 Å². The summed E-state index contributed by atoms with van der Waals surface area (Å²) in [7, 11) is 1.66. The van der Waals surface area contributed by atoms with Gasteiger partial charge in [-0.15, -0.1) is 0 Å². The highest BCUT2D eigenvalue weighted by Crippen LogP contribution is 2.43. The summed E-state index contributed by atoms with van der Waals surface area (Å²) in [5, 5.41) is 3.89. The van der Waals surface area contributed by atoms with Gasteiger partial charge >= 0.3 is 0 Å². The monoisotopic (exact) mass is 1010 g/mol. The zero-order valence-electron chi connectivity index (χ0n) is 29.5. The Balaban J connectivity index is 0.000000218. The molecule has 0 aliphatic rings. The molecule has 2 aromatic heterocycles. The van der Waals surface area contributed by atoms with Crippen molar-refractivity contribution in [2.75, 3.05) is 26.9 Å². The van der Waals surface area contributed by atoms with Gasteiger partial charge in [-0.2, -0.15) is 0 Å². The molecule has 0 unspecified atom stereocenters. The first-order valence-corrected chi connectivity index (χ1v) is 21.2. The predicted octanol–water partition coefficient (Wildman–Crippen LogP) is 13.5. The summed E-state index contributed by atoms with van der Waals surface area (Å²) >= 11 is 71.8. The van der Waals surface area contributed by atoms with Crippen molar-refractivity contribution < 1.29 is 9.47 Å². The molecule has 0 bridgehead atoms. The number of methoxy groups -OCH3 is 1. The molecule has 8 nitrogen and oxygen atoms in total. The fraction of sp³-hybridized carbons (Fsp3) is 0.297. The van der Waals surface area contributed by atoms with Gasteiger partial charge in [-0.05, 0) is 52.4 Å². The van der Waals surface area contributed by atoms with Crippen molar-refractivity contribution in [3.8, 4) is 22.8 Å². The van der Waals surface area contributed by atoms with Gasteiger partial charge < -0.3 is 9.47 Å². The molecule has 0 saturated carbocycles. The third-order valence-electron chi connectivity index (χ3n) is 8.09. The molecule has 0 atom stereocenters. The largest absolute Gasteiger partial charge is 0.384 e. The van der Waals surface area contributed by atoms with Crippen molar-refractivity contribution in [2.45, 2.75) is 34.9 Å². The predicted molar refractivity (Wildman–Crippen MR) is 238 cm³/mol. The Morgan fingerprint density at radius 1 is 0.439 bits per heavy atom. The van der Waals surface area contributed by atoms with Crippen LogP contribution in [0.3, 0.4) is 0 Å². The molecule has 302 valence electrons. The topological polar surface area (TPSA) is 95.8 Å². The van der Waals surface area contributed by atoms with Gasteiger partial charge in [0.2, 0.25) is 15.2 Å². The highest BCUT2D eigenvalue weighted by atomic mass is 35.6. The van der Waals surface area contributed by atoms with Crippen molar-refractivity contribution in [3.63, 3.8) is 0 Å². The molecule has 0 saturated heterocycles. The Morgan fingerprint density at radius 3 is 1.09 bits per heavy atom. The third-order valence-corrected chi connectivity index (χ3v) is 10.1. The molecule has 0 aliphatic carbocycles.